The van der Waals surface area contributed by atoms with Gasteiger partial charge in [0.2, 0.25) is 23.6 Å². The number of hydrogen-bond acceptors (Lipinski definition) is 5. The summed E-state index contributed by atoms with van der Waals surface area (Å²) >= 11 is 6.08. The molecule has 2 aliphatic heterocycles. The molecule has 2 atom stereocenters. The van der Waals surface area contributed by atoms with Crippen molar-refractivity contribution < 1.29 is 28.0 Å². The fourth-order valence-corrected chi connectivity index (χ4v) is 5.39. The van der Waals surface area contributed by atoms with E-state index in [0.29, 0.717) is 10.7 Å². The first-order valence-corrected chi connectivity index (χ1v) is 14.4. The van der Waals surface area contributed by atoms with E-state index >= 15 is 0 Å². The summed E-state index contributed by atoms with van der Waals surface area (Å²) in [5.74, 6) is -4.52. The van der Waals surface area contributed by atoms with E-state index in [4.69, 9.17) is 17.3 Å². The van der Waals surface area contributed by atoms with E-state index < -0.39 is 48.6 Å². The fourth-order valence-electron chi connectivity index (χ4n) is 5.27. The van der Waals surface area contributed by atoms with Gasteiger partial charge in [0.25, 0.3) is 5.92 Å². The largest absolute Gasteiger partial charge is 0.342 e. The number of likely N-dealkylation sites (tertiary alicyclic amines) is 1. The monoisotopic (exact) mass is 603 g/mol. The summed E-state index contributed by atoms with van der Waals surface area (Å²) in [7, 11) is 0. The fraction of sp³-hybridized carbons (Fsp3) is 0.467. The summed E-state index contributed by atoms with van der Waals surface area (Å²) in [5.41, 5.74) is 8.84. The molecule has 4 amide bonds. The highest BCUT2D eigenvalue weighted by Crippen LogP contribution is 2.29. The molecule has 2 aromatic rings. The van der Waals surface area contributed by atoms with Crippen LogP contribution in [0.3, 0.4) is 0 Å². The molecular formula is C30H36ClF2N5O4. The molecular weight excluding hydrogens is 568 g/mol. The summed E-state index contributed by atoms with van der Waals surface area (Å²) < 4.78 is 27.0. The van der Waals surface area contributed by atoms with Gasteiger partial charge in [-0.15, -0.1) is 0 Å². The van der Waals surface area contributed by atoms with Crippen LogP contribution in [0.25, 0.3) is 0 Å². The SMILES string of the molecule is Cc1cc(NC(=O)[C@H](CCN)NC(=O)[C@@H]2Cc3ccccc3CN2C(=O)CCC(=O)N2CCC(F)(F)CC2)ccc1Cl. The molecule has 1 fully saturated rings. The van der Waals surface area contributed by atoms with Gasteiger partial charge < -0.3 is 26.2 Å². The second-order valence-corrected chi connectivity index (χ2v) is 11.2. The third-order valence-electron chi connectivity index (χ3n) is 7.79. The third kappa shape index (κ3) is 7.83. The van der Waals surface area contributed by atoms with Crippen molar-refractivity contribution in [1.82, 2.24) is 15.1 Å². The predicted octanol–water partition coefficient (Wildman–Crippen LogP) is 3.41. The number of amides is 4. The molecule has 0 bridgehead atoms. The molecule has 4 N–H and O–H groups in total. The number of halogens is 3. The van der Waals surface area contributed by atoms with Gasteiger partial charge in [0.05, 0.1) is 0 Å². The Morgan fingerprint density at radius 3 is 2.38 bits per heavy atom. The normalized spacial score (nSPS) is 18.5. The minimum absolute atomic E-state index is 0.0532. The first kappa shape index (κ1) is 31.4. The molecule has 1 saturated heterocycles. The lowest BCUT2D eigenvalue weighted by Gasteiger charge is -2.37. The van der Waals surface area contributed by atoms with Gasteiger partial charge in [-0.3, -0.25) is 19.2 Å². The number of benzene rings is 2. The number of carbonyl (C=O) groups is 4. The number of fused-ring (bicyclic) bond motifs is 1. The summed E-state index contributed by atoms with van der Waals surface area (Å²) in [6.07, 6.45) is -0.697. The number of nitrogens with two attached hydrogens (primary N) is 1. The summed E-state index contributed by atoms with van der Waals surface area (Å²) in [4.78, 5) is 55.6. The van der Waals surface area contributed by atoms with E-state index in [-0.39, 0.29) is 57.8 Å². The molecule has 0 aliphatic carbocycles. The van der Waals surface area contributed by atoms with Crippen molar-refractivity contribution in [2.45, 2.75) is 70.0 Å². The van der Waals surface area contributed by atoms with Gasteiger partial charge in [0, 0.05) is 62.4 Å². The van der Waals surface area contributed by atoms with Crippen LogP contribution < -0.4 is 16.4 Å². The van der Waals surface area contributed by atoms with Crippen molar-refractivity contribution in [3.63, 3.8) is 0 Å². The van der Waals surface area contributed by atoms with Crippen LogP contribution >= 0.6 is 11.6 Å². The number of nitrogens with zero attached hydrogens (tertiary/aromatic N) is 2. The van der Waals surface area contributed by atoms with Crippen molar-refractivity contribution in [1.29, 1.82) is 0 Å². The van der Waals surface area contributed by atoms with E-state index in [9.17, 15) is 28.0 Å². The highest BCUT2D eigenvalue weighted by Gasteiger charge is 2.38. The van der Waals surface area contributed by atoms with Crippen molar-refractivity contribution in [2.24, 2.45) is 5.73 Å². The zero-order valence-corrected chi connectivity index (χ0v) is 24.3. The van der Waals surface area contributed by atoms with Gasteiger partial charge in [0.15, 0.2) is 0 Å². The highest BCUT2D eigenvalue weighted by molar-refractivity contribution is 6.31. The van der Waals surface area contributed by atoms with E-state index in [2.05, 4.69) is 10.6 Å². The molecule has 0 saturated carbocycles. The lowest BCUT2D eigenvalue weighted by molar-refractivity contribution is -0.145. The summed E-state index contributed by atoms with van der Waals surface area (Å²) in [6.45, 7) is 2.00. The number of alkyl halides is 2. The van der Waals surface area contributed by atoms with Crippen LogP contribution in [-0.2, 0) is 32.1 Å². The van der Waals surface area contributed by atoms with Gasteiger partial charge in [0.1, 0.15) is 12.1 Å². The average molecular weight is 604 g/mol. The quantitative estimate of drug-likeness (QED) is 0.405. The van der Waals surface area contributed by atoms with Crippen molar-refractivity contribution in [2.75, 3.05) is 25.0 Å². The lowest BCUT2D eigenvalue weighted by Crippen LogP contribution is -2.56. The van der Waals surface area contributed by atoms with Gasteiger partial charge in [-0.2, -0.15) is 0 Å². The van der Waals surface area contributed by atoms with Crippen LogP contribution in [0.4, 0.5) is 14.5 Å². The zero-order chi connectivity index (χ0) is 30.4. The van der Waals surface area contributed by atoms with Gasteiger partial charge in [-0.1, -0.05) is 35.9 Å². The van der Waals surface area contributed by atoms with Crippen molar-refractivity contribution >= 4 is 40.9 Å². The maximum Gasteiger partial charge on any atom is 0.251 e. The summed E-state index contributed by atoms with van der Waals surface area (Å²) in [6, 6.07) is 10.6. The number of nitrogens with one attached hydrogen (secondary N) is 2. The Balaban J connectivity index is 1.44. The van der Waals surface area contributed by atoms with Gasteiger partial charge in [-0.25, -0.2) is 8.78 Å². The minimum atomic E-state index is -2.78. The van der Waals surface area contributed by atoms with Crippen LogP contribution in [0.5, 0.6) is 0 Å². The molecule has 226 valence electrons. The standard InChI is InChI=1S/C30H36ClF2N5O4/c1-19-16-22(6-7-23(19)31)35-28(41)24(10-13-34)36-29(42)25-17-20-4-2-3-5-21(20)18-38(25)27(40)9-8-26(39)37-14-11-30(32,33)12-15-37/h2-7,16,24-25H,8-15,17-18,34H2,1H3,(H,35,41)(H,36,42)/t24-,25-/m0/s1. The molecule has 0 radical (unpaired) electrons. The second kappa shape index (κ2) is 13.6. The molecule has 2 aromatic carbocycles. The lowest BCUT2D eigenvalue weighted by atomic mass is 9.92. The Morgan fingerprint density at radius 1 is 1.05 bits per heavy atom. The van der Waals surface area contributed by atoms with Crippen molar-refractivity contribution in [3.8, 4) is 0 Å². The number of hydrogen-bond donors (Lipinski definition) is 3. The second-order valence-electron chi connectivity index (χ2n) is 10.8. The third-order valence-corrected chi connectivity index (χ3v) is 8.21. The van der Waals surface area contributed by atoms with Crippen LogP contribution in [0.15, 0.2) is 42.5 Å². The number of anilines is 1. The molecule has 12 heteroatoms. The Morgan fingerprint density at radius 2 is 1.71 bits per heavy atom. The molecule has 0 unspecified atom stereocenters. The van der Waals surface area contributed by atoms with E-state index in [1.807, 2.05) is 31.2 Å². The van der Waals surface area contributed by atoms with Crippen LogP contribution in [0.2, 0.25) is 5.02 Å². The maximum absolute atomic E-state index is 13.6. The molecule has 4 rings (SSSR count). The Hall–Kier alpha value is -3.57. The Bertz CT molecular complexity index is 1330. The molecule has 2 heterocycles. The summed E-state index contributed by atoms with van der Waals surface area (Å²) in [5, 5.41) is 6.12. The number of carbonyl (C=O) groups excluding carboxylic acids is 4. The molecule has 9 nitrogen and oxygen atoms in total. The Kier molecular flexibility index (Phi) is 10.2. The van der Waals surface area contributed by atoms with Gasteiger partial charge >= 0.3 is 0 Å². The van der Waals surface area contributed by atoms with Crippen LogP contribution in [-0.4, -0.2) is 71.1 Å². The smallest absolute Gasteiger partial charge is 0.251 e. The van der Waals surface area contributed by atoms with Gasteiger partial charge in [-0.05, 0) is 54.8 Å². The van der Waals surface area contributed by atoms with E-state index in [0.717, 1.165) is 16.7 Å². The first-order chi connectivity index (χ1) is 20.0. The zero-order valence-electron chi connectivity index (χ0n) is 23.5. The van der Waals surface area contributed by atoms with Crippen LogP contribution in [0, 0.1) is 6.92 Å². The molecule has 42 heavy (non-hydrogen) atoms. The van der Waals surface area contributed by atoms with Crippen molar-refractivity contribution in [3.05, 3.63) is 64.2 Å². The Labute approximate surface area is 248 Å². The number of rotatable bonds is 9. The average Bonchev–Trinajstić information content (AvgIpc) is 2.96. The highest BCUT2D eigenvalue weighted by atomic mass is 35.5. The predicted molar refractivity (Wildman–Crippen MR) is 155 cm³/mol. The van der Waals surface area contributed by atoms with E-state index in [1.54, 1.807) is 18.2 Å². The molecule has 0 spiro atoms. The first-order valence-electron chi connectivity index (χ1n) is 14.1. The van der Waals surface area contributed by atoms with Crippen LogP contribution in [0.1, 0.15) is 48.8 Å². The molecule has 2 aliphatic rings. The number of aryl methyl sites for hydroxylation is 1. The maximum atomic E-state index is 13.6. The molecule has 0 aromatic heterocycles. The van der Waals surface area contributed by atoms with E-state index in [1.165, 1.54) is 9.80 Å². The topological polar surface area (TPSA) is 125 Å². The minimum Gasteiger partial charge on any atom is -0.342 e. The number of piperidine rings is 1.